The van der Waals surface area contributed by atoms with Crippen LogP contribution in [0, 0.1) is 6.92 Å². The molecule has 0 aliphatic carbocycles. The number of hydrogen-bond donors (Lipinski definition) is 0. The van der Waals surface area contributed by atoms with E-state index >= 15 is 0 Å². The molecule has 0 spiro atoms. The van der Waals surface area contributed by atoms with Gasteiger partial charge in [0.1, 0.15) is 5.69 Å². The van der Waals surface area contributed by atoms with Gasteiger partial charge in [-0.05, 0) is 57.2 Å². The molecular formula is C24H19N2+. The zero-order valence-corrected chi connectivity index (χ0v) is 14.9. The van der Waals surface area contributed by atoms with Crippen LogP contribution >= 0.6 is 0 Å². The number of fused-ring (bicyclic) bond motifs is 4. The van der Waals surface area contributed by atoms with E-state index in [9.17, 15) is 0 Å². The summed E-state index contributed by atoms with van der Waals surface area (Å²) in [6, 6.07) is 26.0. The molecule has 0 fully saturated rings. The third-order valence-corrected chi connectivity index (χ3v) is 5.23. The predicted octanol–water partition coefficient (Wildman–Crippen LogP) is 5.34. The van der Waals surface area contributed by atoms with Gasteiger partial charge in [0, 0.05) is 5.56 Å². The van der Waals surface area contributed by atoms with Gasteiger partial charge < -0.3 is 0 Å². The fraction of sp³-hybridized carbons (Fsp3) is 0.0833. The fourth-order valence-electron chi connectivity index (χ4n) is 3.94. The number of benzene rings is 4. The lowest BCUT2D eigenvalue weighted by molar-refractivity contribution is -0.662. The maximum atomic E-state index is 4.57. The van der Waals surface area contributed by atoms with Crippen LogP contribution in [-0.4, -0.2) is 4.98 Å². The summed E-state index contributed by atoms with van der Waals surface area (Å²) in [5.74, 6) is 0. The van der Waals surface area contributed by atoms with Crippen LogP contribution in [0.4, 0.5) is 0 Å². The minimum Gasteiger partial charge on any atom is -0.232 e. The lowest BCUT2D eigenvalue weighted by Crippen LogP contribution is -2.31. The van der Waals surface area contributed by atoms with Gasteiger partial charge >= 0.3 is 0 Å². The van der Waals surface area contributed by atoms with Crippen LogP contribution in [0.5, 0.6) is 0 Å². The second-order valence-corrected chi connectivity index (χ2v) is 6.90. The Morgan fingerprint density at radius 1 is 0.731 bits per heavy atom. The van der Waals surface area contributed by atoms with Crippen molar-refractivity contribution in [2.45, 2.75) is 6.92 Å². The Kier molecular flexibility index (Phi) is 3.26. The summed E-state index contributed by atoms with van der Waals surface area (Å²) in [5.41, 5.74) is 4.77. The molecule has 0 N–H and O–H groups in total. The molecule has 124 valence electrons. The Morgan fingerprint density at radius 2 is 1.46 bits per heavy atom. The molecule has 0 saturated heterocycles. The highest BCUT2D eigenvalue weighted by atomic mass is 15.0. The molecule has 1 heterocycles. The molecule has 0 atom stereocenters. The minimum atomic E-state index is 1.03. The molecule has 5 aromatic rings. The largest absolute Gasteiger partial charge is 0.287 e. The van der Waals surface area contributed by atoms with Gasteiger partial charge in [-0.1, -0.05) is 54.6 Å². The average Bonchev–Trinajstić information content (AvgIpc) is 2.68. The van der Waals surface area contributed by atoms with Crippen LogP contribution in [0.3, 0.4) is 0 Å². The summed E-state index contributed by atoms with van der Waals surface area (Å²) in [4.78, 5) is 4.57. The molecule has 0 saturated carbocycles. The standard InChI is InChI=1S/C24H19N2/c1-16-13-18-12-11-17-7-3-4-8-19(17)22(18)14-21(16)24-20-9-5-6-10-23(20)25-15-26(24)2/h3-15H,1-2H3/q+1. The van der Waals surface area contributed by atoms with Gasteiger partial charge in [0.25, 0.3) is 6.33 Å². The molecule has 26 heavy (non-hydrogen) atoms. The van der Waals surface area contributed by atoms with Gasteiger partial charge in [0.15, 0.2) is 5.52 Å². The van der Waals surface area contributed by atoms with E-state index in [2.05, 4.69) is 90.3 Å². The topological polar surface area (TPSA) is 16.8 Å². The molecule has 2 heteroatoms. The van der Waals surface area contributed by atoms with Crippen LogP contribution < -0.4 is 4.57 Å². The van der Waals surface area contributed by atoms with Crippen molar-refractivity contribution in [2.75, 3.05) is 0 Å². The van der Waals surface area contributed by atoms with Crippen molar-refractivity contribution in [2.24, 2.45) is 7.05 Å². The Bertz CT molecular complexity index is 1300. The van der Waals surface area contributed by atoms with Gasteiger partial charge in [-0.15, -0.1) is 0 Å². The van der Waals surface area contributed by atoms with Crippen LogP contribution in [0.2, 0.25) is 0 Å². The van der Waals surface area contributed by atoms with Gasteiger partial charge in [-0.2, -0.15) is 0 Å². The van der Waals surface area contributed by atoms with Gasteiger partial charge in [-0.25, -0.2) is 4.57 Å². The minimum absolute atomic E-state index is 1.03. The number of aromatic nitrogens is 2. The average molecular weight is 335 g/mol. The van der Waals surface area contributed by atoms with Crippen molar-refractivity contribution in [1.29, 1.82) is 0 Å². The van der Waals surface area contributed by atoms with Crippen molar-refractivity contribution in [3.8, 4) is 11.3 Å². The summed E-state index contributed by atoms with van der Waals surface area (Å²) in [6.45, 7) is 2.19. The van der Waals surface area contributed by atoms with E-state index in [-0.39, 0.29) is 0 Å². The van der Waals surface area contributed by atoms with Crippen molar-refractivity contribution in [3.05, 3.63) is 84.7 Å². The molecule has 5 rings (SSSR count). The third kappa shape index (κ3) is 2.19. The highest BCUT2D eigenvalue weighted by Crippen LogP contribution is 2.33. The lowest BCUT2D eigenvalue weighted by atomic mass is 9.94. The first-order valence-corrected chi connectivity index (χ1v) is 8.88. The van der Waals surface area contributed by atoms with Crippen LogP contribution in [0.25, 0.3) is 43.7 Å². The normalized spacial score (nSPS) is 11.5. The molecule has 0 amide bonds. The summed E-state index contributed by atoms with van der Waals surface area (Å²) in [6.07, 6.45) is 1.91. The Labute approximate surface area is 152 Å². The molecule has 0 aliphatic heterocycles. The summed E-state index contributed by atoms with van der Waals surface area (Å²) < 4.78 is 2.13. The smallest absolute Gasteiger partial charge is 0.232 e. The summed E-state index contributed by atoms with van der Waals surface area (Å²) >= 11 is 0. The van der Waals surface area contributed by atoms with Gasteiger partial charge in [0.05, 0.1) is 12.4 Å². The lowest BCUT2D eigenvalue weighted by Gasteiger charge is -2.12. The summed E-state index contributed by atoms with van der Waals surface area (Å²) in [7, 11) is 2.07. The third-order valence-electron chi connectivity index (χ3n) is 5.23. The second-order valence-electron chi connectivity index (χ2n) is 6.90. The van der Waals surface area contributed by atoms with E-state index in [0.29, 0.717) is 0 Å². The highest BCUT2D eigenvalue weighted by molar-refractivity contribution is 6.09. The van der Waals surface area contributed by atoms with Crippen molar-refractivity contribution in [1.82, 2.24) is 4.98 Å². The molecule has 0 aliphatic rings. The van der Waals surface area contributed by atoms with Gasteiger partial charge in [-0.3, -0.25) is 0 Å². The van der Waals surface area contributed by atoms with Crippen molar-refractivity contribution >= 4 is 32.4 Å². The SMILES string of the molecule is Cc1cc2ccc3ccccc3c2cc1-c1c2ccccc2nc[n+]1C. The predicted molar refractivity (Wildman–Crippen MR) is 108 cm³/mol. The van der Waals surface area contributed by atoms with E-state index in [0.717, 1.165) is 5.52 Å². The monoisotopic (exact) mass is 335 g/mol. The zero-order valence-electron chi connectivity index (χ0n) is 14.9. The molecule has 0 radical (unpaired) electrons. The highest BCUT2D eigenvalue weighted by Gasteiger charge is 2.17. The zero-order chi connectivity index (χ0) is 17.7. The van der Waals surface area contributed by atoms with Crippen LogP contribution in [0.15, 0.2) is 79.1 Å². The number of hydrogen-bond acceptors (Lipinski definition) is 1. The quantitative estimate of drug-likeness (QED) is 0.298. The molecule has 0 bridgehead atoms. The first-order valence-electron chi connectivity index (χ1n) is 8.88. The Balaban J connectivity index is 1.92. The number of para-hydroxylation sites is 1. The molecular weight excluding hydrogens is 316 g/mol. The first-order chi connectivity index (χ1) is 12.7. The first kappa shape index (κ1) is 15.0. The molecule has 4 aromatic carbocycles. The molecule has 0 unspecified atom stereocenters. The number of rotatable bonds is 1. The van der Waals surface area contributed by atoms with Crippen molar-refractivity contribution in [3.63, 3.8) is 0 Å². The number of aryl methyl sites for hydroxylation is 2. The van der Waals surface area contributed by atoms with Crippen LogP contribution in [0.1, 0.15) is 5.56 Å². The maximum absolute atomic E-state index is 4.57. The molecule has 2 nitrogen and oxygen atoms in total. The Hall–Kier alpha value is -3.26. The second kappa shape index (κ2) is 5.63. The van der Waals surface area contributed by atoms with E-state index < -0.39 is 0 Å². The van der Waals surface area contributed by atoms with Crippen molar-refractivity contribution < 1.29 is 4.57 Å². The van der Waals surface area contributed by atoms with Crippen LogP contribution in [-0.2, 0) is 7.05 Å². The fourth-order valence-corrected chi connectivity index (χ4v) is 3.94. The van der Waals surface area contributed by atoms with Gasteiger partial charge in [0.2, 0.25) is 0 Å². The molecule has 1 aromatic heterocycles. The van der Waals surface area contributed by atoms with E-state index in [1.165, 1.54) is 43.8 Å². The maximum Gasteiger partial charge on any atom is 0.287 e. The van der Waals surface area contributed by atoms with E-state index in [1.807, 2.05) is 12.4 Å². The van der Waals surface area contributed by atoms with E-state index in [1.54, 1.807) is 0 Å². The Morgan fingerprint density at radius 3 is 2.35 bits per heavy atom. The van der Waals surface area contributed by atoms with E-state index in [4.69, 9.17) is 0 Å². The number of nitrogens with zero attached hydrogens (tertiary/aromatic N) is 2. The summed E-state index contributed by atoms with van der Waals surface area (Å²) in [5, 5.41) is 6.33.